The Hall–Kier alpha value is -1.60. The van der Waals surface area contributed by atoms with Gasteiger partial charge < -0.3 is 20.3 Å². The Morgan fingerprint density at radius 1 is 1.50 bits per heavy atom. The van der Waals surface area contributed by atoms with Crippen LogP contribution in [0.1, 0.15) is 25.7 Å². The number of aromatic nitrogens is 2. The summed E-state index contributed by atoms with van der Waals surface area (Å²) in [5.74, 6) is 1.21. The summed E-state index contributed by atoms with van der Waals surface area (Å²) >= 11 is 6.25. The smallest absolute Gasteiger partial charge is 0.318 e. The Balaban J connectivity index is 1.57. The largest absolute Gasteiger partial charge is 0.467 e. The Morgan fingerprint density at radius 3 is 3.12 bits per heavy atom. The lowest BCUT2D eigenvalue weighted by molar-refractivity contribution is -0.122. The van der Waals surface area contributed by atoms with Crippen LogP contribution in [-0.2, 0) is 4.79 Å². The van der Waals surface area contributed by atoms with Gasteiger partial charge in [-0.1, -0.05) is 11.6 Å². The minimum Gasteiger partial charge on any atom is -0.467 e. The fraction of sp³-hybridized carbons (Fsp3) is 0.688. The zero-order valence-corrected chi connectivity index (χ0v) is 14.7. The topological polar surface area (TPSA) is 79.4 Å². The molecule has 2 atom stereocenters. The average molecular weight is 354 g/mol. The first-order valence-corrected chi connectivity index (χ1v) is 8.87. The summed E-state index contributed by atoms with van der Waals surface area (Å²) in [4.78, 5) is 22.7. The maximum atomic E-state index is 12.1. The third kappa shape index (κ3) is 4.08. The van der Waals surface area contributed by atoms with Gasteiger partial charge in [-0.3, -0.25) is 4.79 Å². The highest BCUT2D eigenvalue weighted by Gasteiger charge is 2.26. The van der Waals surface area contributed by atoms with Crippen molar-refractivity contribution in [1.82, 2.24) is 20.6 Å². The van der Waals surface area contributed by atoms with Gasteiger partial charge in [-0.2, -0.15) is 4.98 Å². The second kappa shape index (κ2) is 7.98. The third-order valence-electron chi connectivity index (χ3n) is 4.65. The molecular weight excluding hydrogens is 330 g/mol. The molecule has 2 aliphatic rings. The fourth-order valence-electron chi connectivity index (χ4n) is 3.36. The van der Waals surface area contributed by atoms with Crippen LogP contribution in [0.25, 0.3) is 0 Å². The summed E-state index contributed by atoms with van der Waals surface area (Å²) in [5, 5.41) is 6.84. The lowest BCUT2D eigenvalue weighted by Crippen LogP contribution is -2.45. The molecule has 2 aliphatic heterocycles. The maximum absolute atomic E-state index is 12.1. The van der Waals surface area contributed by atoms with E-state index in [1.165, 1.54) is 0 Å². The molecular formula is C16H24ClN5O2. The molecule has 1 aromatic heterocycles. The highest BCUT2D eigenvalue weighted by molar-refractivity contribution is 6.32. The minimum atomic E-state index is -0.0229. The Labute approximate surface area is 147 Å². The van der Waals surface area contributed by atoms with Gasteiger partial charge in [0, 0.05) is 19.6 Å². The summed E-state index contributed by atoms with van der Waals surface area (Å²) in [7, 11) is 1.54. The highest BCUT2D eigenvalue weighted by Crippen LogP contribution is 2.28. The van der Waals surface area contributed by atoms with Gasteiger partial charge in [0.1, 0.15) is 5.02 Å². The number of rotatable bonds is 5. The molecule has 0 spiro atoms. The molecule has 0 bridgehead atoms. The summed E-state index contributed by atoms with van der Waals surface area (Å²) < 4.78 is 5.09. The number of ether oxygens (including phenoxy) is 1. The zero-order chi connectivity index (χ0) is 16.9. The van der Waals surface area contributed by atoms with Crippen LogP contribution in [0.5, 0.6) is 6.01 Å². The van der Waals surface area contributed by atoms with Crippen molar-refractivity contribution < 1.29 is 9.53 Å². The van der Waals surface area contributed by atoms with Crippen molar-refractivity contribution in [3.8, 4) is 6.01 Å². The molecule has 1 amide bonds. The Kier molecular flexibility index (Phi) is 5.73. The molecule has 0 saturated carbocycles. The molecule has 3 heterocycles. The standard InChI is InChI=1S/C16H24ClN5O2/c1-24-16-20-9-12(17)14(21-16)22-7-3-4-11(10-22)8-19-15(23)13-5-2-6-18-13/h9,11,13,18H,2-8,10H2,1H3,(H,19,23). The normalized spacial score (nSPS) is 24.0. The molecule has 0 aromatic carbocycles. The van der Waals surface area contributed by atoms with Crippen molar-refractivity contribution in [3.63, 3.8) is 0 Å². The number of amides is 1. The maximum Gasteiger partial charge on any atom is 0.318 e. The minimum absolute atomic E-state index is 0.0229. The number of piperidine rings is 1. The van der Waals surface area contributed by atoms with Gasteiger partial charge in [-0.25, -0.2) is 4.98 Å². The summed E-state index contributed by atoms with van der Waals surface area (Å²) in [5.41, 5.74) is 0. The van der Waals surface area contributed by atoms with Gasteiger partial charge in [0.15, 0.2) is 5.82 Å². The van der Waals surface area contributed by atoms with Crippen molar-refractivity contribution in [3.05, 3.63) is 11.2 Å². The highest BCUT2D eigenvalue weighted by atomic mass is 35.5. The SMILES string of the molecule is COc1ncc(Cl)c(N2CCCC(CNC(=O)C3CCCN3)C2)n1. The van der Waals surface area contributed by atoms with E-state index in [1.807, 2.05) is 0 Å². The number of methoxy groups -OCH3 is 1. The molecule has 0 aliphatic carbocycles. The van der Waals surface area contributed by atoms with Crippen molar-refractivity contribution in [2.45, 2.75) is 31.7 Å². The van der Waals surface area contributed by atoms with E-state index in [2.05, 4.69) is 25.5 Å². The van der Waals surface area contributed by atoms with Gasteiger partial charge in [-0.05, 0) is 38.1 Å². The number of carbonyl (C=O) groups is 1. The lowest BCUT2D eigenvalue weighted by atomic mass is 9.98. The summed E-state index contributed by atoms with van der Waals surface area (Å²) in [6.45, 7) is 3.34. The van der Waals surface area contributed by atoms with Crippen molar-refractivity contribution in [2.24, 2.45) is 5.92 Å². The first kappa shape index (κ1) is 17.2. The quantitative estimate of drug-likeness (QED) is 0.828. The van der Waals surface area contributed by atoms with E-state index in [4.69, 9.17) is 16.3 Å². The lowest BCUT2D eigenvalue weighted by Gasteiger charge is -2.34. The fourth-order valence-corrected chi connectivity index (χ4v) is 3.57. The Morgan fingerprint density at radius 2 is 2.38 bits per heavy atom. The molecule has 132 valence electrons. The van der Waals surface area contributed by atoms with Gasteiger partial charge in [0.05, 0.1) is 19.3 Å². The van der Waals surface area contributed by atoms with Gasteiger partial charge in [0.2, 0.25) is 5.91 Å². The van der Waals surface area contributed by atoms with E-state index < -0.39 is 0 Å². The van der Waals surface area contributed by atoms with Crippen LogP contribution in [0.2, 0.25) is 5.02 Å². The first-order chi connectivity index (χ1) is 11.7. The molecule has 24 heavy (non-hydrogen) atoms. The van der Waals surface area contributed by atoms with Crippen LogP contribution in [0.3, 0.4) is 0 Å². The van der Waals surface area contributed by atoms with Gasteiger partial charge >= 0.3 is 6.01 Å². The second-order valence-electron chi connectivity index (χ2n) is 6.38. The van der Waals surface area contributed by atoms with Crippen LogP contribution < -0.4 is 20.3 Å². The summed E-state index contributed by atoms with van der Waals surface area (Å²) in [6, 6.07) is 0.294. The number of hydrogen-bond acceptors (Lipinski definition) is 6. The molecule has 2 saturated heterocycles. The third-order valence-corrected chi connectivity index (χ3v) is 4.91. The Bertz CT molecular complexity index is 580. The average Bonchev–Trinajstić information content (AvgIpc) is 3.15. The van der Waals surface area contributed by atoms with E-state index in [9.17, 15) is 4.79 Å². The first-order valence-electron chi connectivity index (χ1n) is 8.50. The van der Waals surface area contributed by atoms with Crippen molar-refractivity contribution >= 4 is 23.3 Å². The second-order valence-corrected chi connectivity index (χ2v) is 6.78. The van der Waals surface area contributed by atoms with Gasteiger partial charge in [0.25, 0.3) is 0 Å². The van der Waals surface area contributed by atoms with Crippen molar-refractivity contribution in [2.75, 3.05) is 38.2 Å². The predicted octanol–water partition coefficient (Wildman–Crippen LogP) is 1.22. The molecule has 2 unspecified atom stereocenters. The number of nitrogens with one attached hydrogen (secondary N) is 2. The van der Waals surface area contributed by atoms with Crippen LogP contribution in [0, 0.1) is 5.92 Å². The van der Waals surface area contributed by atoms with Gasteiger partial charge in [-0.15, -0.1) is 0 Å². The molecule has 2 fully saturated rings. The van der Waals surface area contributed by atoms with E-state index >= 15 is 0 Å². The van der Waals surface area contributed by atoms with Crippen LogP contribution in [-0.4, -0.2) is 55.2 Å². The van der Waals surface area contributed by atoms with Crippen LogP contribution >= 0.6 is 11.6 Å². The molecule has 2 N–H and O–H groups in total. The monoisotopic (exact) mass is 353 g/mol. The number of halogens is 1. The van der Waals surface area contributed by atoms with E-state index in [0.29, 0.717) is 29.3 Å². The number of carbonyl (C=O) groups excluding carboxylic acids is 1. The summed E-state index contributed by atoms with van der Waals surface area (Å²) in [6.07, 6.45) is 5.71. The van der Waals surface area contributed by atoms with E-state index in [0.717, 1.165) is 45.3 Å². The molecule has 7 nitrogen and oxygen atoms in total. The van der Waals surface area contributed by atoms with Crippen LogP contribution in [0.15, 0.2) is 6.20 Å². The predicted molar refractivity (Wildman–Crippen MR) is 92.6 cm³/mol. The van der Waals surface area contributed by atoms with Crippen molar-refractivity contribution in [1.29, 1.82) is 0 Å². The van der Waals surface area contributed by atoms with Crippen LogP contribution in [0.4, 0.5) is 5.82 Å². The number of anilines is 1. The van der Waals surface area contributed by atoms with E-state index in [1.54, 1.807) is 13.3 Å². The number of hydrogen-bond donors (Lipinski definition) is 2. The molecule has 3 rings (SSSR count). The van der Waals surface area contributed by atoms with E-state index in [-0.39, 0.29) is 11.9 Å². The molecule has 1 aromatic rings. The zero-order valence-electron chi connectivity index (χ0n) is 13.9. The molecule has 0 radical (unpaired) electrons. The molecule has 8 heteroatoms. The number of nitrogens with zero attached hydrogens (tertiary/aromatic N) is 3.